The average molecular weight is 741 g/mol. The SMILES string of the molecule is CC1NC(=O)C(CCC(N)=O)NC(=O)C(C(C)O)NC(=O)C(C(C)C)NC(=O)C(C(C)C)CC(=O)C(NC(=O)CC(O)CCC(=N)N)C(C)OC1=O. The summed E-state index contributed by atoms with van der Waals surface area (Å²) in [4.78, 5) is 105. The highest BCUT2D eigenvalue weighted by Crippen LogP contribution is 2.20. The van der Waals surface area contributed by atoms with Crippen LogP contribution in [0.3, 0.4) is 0 Å². The number of nitrogens with two attached hydrogens (primary N) is 2. The highest BCUT2D eigenvalue weighted by atomic mass is 16.5. The topological polar surface area (TPSA) is 322 Å². The Balaban J connectivity index is 3.67. The van der Waals surface area contributed by atoms with Gasteiger partial charge in [-0.05, 0) is 45.4 Å². The maximum Gasteiger partial charge on any atom is 0.328 e. The monoisotopic (exact) mass is 740 g/mol. The van der Waals surface area contributed by atoms with Crippen molar-refractivity contribution in [3.63, 3.8) is 0 Å². The molecule has 0 aromatic heterocycles. The normalized spacial score (nSPS) is 27.1. The number of aliphatic hydroxyl groups is 2. The third kappa shape index (κ3) is 14.9. The Morgan fingerprint density at radius 1 is 0.846 bits per heavy atom. The maximum absolute atomic E-state index is 13.9. The van der Waals surface area contributed by atoms with Crippen LogP contribution in [0.1, 0.15) is 87.0 Å². The molecule has 1 heterocycles. The van der Waals surface area contributed by atoms with Crippen LogP contribution in [0.2, 0.25) is 0 Å². The summed E-state index contributed by atoms with van der Waals surface area (Å²) in [5.41, 5.74) is 10.6. The number of nitrogens with one attached hydrogen (secondary N) is 6. The number of hydrogen-bond acceptors (Lipinski definition) is 12. The molecule has 6 amide bonds. The van der Waals surface area contributed by atoms with Gasteiger partial charge in [0, 0.05) is 25.2 Å². The molecular formula is C33H56N8O11. The minimum absolute atomic E-state index is 0.0117. The molecule has 1 saturated heterocycles. The molecule has 1 fully saturated rings. The Bertz CT molecular complexity index is 1340. The van der Waals surface area contributed by atoms with Crippen LogP contribution in [-0.4, -0.2) is 112 Å². The lowest BCUT2D eigenvalue weighted by Crippen LogP contribution is -2.61. The standard InChI is InChI=1S/C33H56N8O11/c1-14(2)20-13-22(44)28(39-25(46)12-19(43)8-10-23(34)35)18(7)52-33(51)16(5)37-30(48)21(9-11-24(36)45)38-32(50)27(17(6)42)41-31(49)26(15(3)4)40-29(20)47/h14-21,26-28,42-43H,8-13H2,1-7H3,(H3,34,35)(H2,36,45)(H,37,48)(H,38,50)(H,39,46)(H,40,47)(H,41,49). The predicted molar refractivity (Wildman–Crippen MR) is 186 cm³/mol. The van der Waals surface area contributed by atoms with E-state index in [2.05, 4.69) is 26.6 Å². The number of Topliss-reactive ketones (excluding diaryl/α,β-unsaturated/α-hetero) is 1. The van der Waals surface area contributed by atoms with Gasteiger partial charge >= 0.3 is 5.97 Å². The lowest BCUT2D eigenvalue weighted by atomic mass is 9.86. The quantitative estimate of drug-likeness (QED) is 0.0559. The van der Waals surface area contributed by atoms with Crippen LogP contribution in [0.25, 0.3) is 0 Å². The second-order valence-corrected chi connectivity index (χ2v) is 13.9. The summed E-state index contributed by atoms with van der Waals surface area (Å²) in [6, 6.07) is -7.31. The number of cyclic esters (lactones) is 1. The van der Waals surface area contributed by atoms with Gasteiger partial charge in [0.1, 0.15) is 36.3 Å². The molecule has 0 aliphatic carbocycles. The van der Waals surface area contributed by atoms with E-state index in [0.717, 1.165) is 0 Å². The van der Waals surface area contributed by atoms with Gasteiger partial charge in [-0.2, -0.15) is 0 Å². The lowest BCUT2D eigenvalue weighted by Gasteiger charge is -2.30. The van der Waals surface area contributed by atoms with E-state index in [1.807, 2.05) is 0 Å². The number of hydrogen-bond donors (Lipinski definition) is 10. The van der Waals surface area contributed by atoms with Crippen LogP contribution >= 0.6 is 0 Å². The van der Waals surface area contributed by atoms with Crippen molar-refractivity contribution >= 4 is 53.0 Å². The number of carbonyl (C=O) groups excluding carboxylic acids is 8. The van der Waals surface area contributed by atoms with Gasteiger partial charge in [-0.25, -0.2) is 4.79 Å². The number of amides is 6. The van der Waals surface area contributed by atoms with Crippen molar-refractivity contribution in [3.05, 3.63) is 0 Å². The first-order chi connectivity index (χ1) is 24.0. The molecule has 0 aromatic carbocycles. The molecule has 1 aliphatic rings. The van der Waals surface area contributed by atoms with Gasteiger partial charge in [-0.3, -0.25) is 39.0 Å². The molecule has 0 radical (unpaired) electrons. The van der Waals surface area contributed by atoms with E-state index >= 15 is 0 Å². The first-order valence-electron chi connectivity index (χ1n) is 17.3. The third-order valence-corrected chi connectivity index (χ3v) is 8.50. The third-order valence-electron chi connectivity index (χ3n) is 8.50. The number of primary amides is 1. The number of ketones is 1. The fourth-order valence-corrected chi connectivity index (χ4v) is 5.29. The Kier molecular flexibility index (Phi) is 18.3. The van der Waals surface area contributed by atoms with E-state index < -0.39 is 126 Å². The van der Waals surface area contributed by atoms with Crippen LogP contribution in [-0.2, 0) is 43.1 Å². The minimum atomic E-state index is -1.63. The number of amidine groups is 1. The zero-order chi connectivity index (χ0) is 40.0. The summed E-state index contributed by atoms with van der Waals surface area (Å²) in [6.45, 7) is 10.3. The number of aliphatic hydroxyl groups excluding tert-OH is 2. The second kappa shape index (κ2) is 21.0. The smallest absolute Gasteiger partial charge is 0.328 e. The number of rotatable bonds is 12. The van der Waals surface area contributed by atoms with E-state index in [1.54, 1.807) is 27.7 Å². The first kappa shape index (κ1) is 45.4. The molecule has 12 N–H and O–H groups in total. The predicted octanol–water partition coefficient (Wildman–Crippen LogP) is -2.62. The van der Waals surface area contributed by atoms with Gasteiger partial charge in [0.15, 0.2) is 5.78 Å². The molecule has 0 bridgehead atoms. The minimum Gasteiger partial charge on any atom is -0.458 e. The fraction of sp³-hybridized carbons (Fsp3) is 0.727. The molecular weight excluding hydrogens is 684 g/mol. The number of ether oxygens (including phenoxy) is 1. The van der Waals surface area contributed by atoms with Crippen LogP contribution in [0.5, 0.6) is 0 Å². The maximum atomic E-state index is 13.9. The molecule has 0 spiro atoms. The van der Waals surface area contributed by atoms with Crippen molar-refractivity contribution in [2.45, 2.75) is 136 Å². The largest absolute Gasteiger partial charge is 0.458 e. The summed E-state index contributed by atoms with van der Waals surface area (Å²) in [6.07, 6.45) is -5.76. The Morgan fingerprint density at radius 3 is 1.94 bits per heavy atom. The van der Waals surface area contributed by atoms with Crippen molar-refractivity contribution in [1.82, 2.24) is 26.6 Å². The van der Waals surface area contributed by atoms with Crippen molar-refractivity contribution in [1.29, 1.82) is 5.41 Å². The zero-order valence-electron chi connectivity index (χ0n) is 30.8. The van der Waals surface area contributed by atoms with Gasteiger partial charge in [0.05, 0.1) is 24.5 Å². The molecule has 1 aliphatic heterocycles. The van der Waals surface area contributed by atoms with E-state index in [1.165, 1.54) is 20.8 Å². The molecule has 0 aromatic rings. The van der Waals surface area contributed by atoms with E-state index in [9.17, 15) is 48.6 Å². The molecule has 9 unspecified atom stereocenters. The van der Waals surface area contributed by atoms with E-state index in [0.29, 0.717) is 0 Å². The Morgan fingerprint density at radius 2 is 1.42 bits per heavy atom. The fourth-order valence-electron chi connectivity index (χ4n) is 5.29. The first-order valence-corrected chi connectivity index (χ1v) is 17.3. The average Bonchev–Trinajstić information content (AvgIpc) is 3.02. The summed E-state index contributed by atoms with van der Waals surface area (Å²) in [5.74, 6) is -9.24. The molecule has 9 atom stereocenters. The van der Waals surface area contributed by atoms with Crippen LogP contribution in [0.15, 0.2) is 0 Å². The molecule has 0 saturated carbocycles. The number of esters is 1. The van der Waals surface area contributed by atoms with Crippen molar-refractivity contribution in [2.24, 2.45) is 29.2 Å². The van der Waals surface area contributed by atoms with Crippen LogP contribution in [0.4, 0.5) is 0 Å². The highest BCUT2D eigenvalue weighted by molar-refractivity contribution is 5.97. The van der Waals surface area contributed by atoms with Crippen molar-refractivity contribution < 1.29 is 53.3 Å². The van der Waals surface area contributed by atoms with Gasteiger partial charge in [0.25, 0.3) is 0 Å². The zero-order valence-corrected chi connectivity index (χ0v) is 30.8. The summed E-state index contributed by atoms with van der Waals surface area (Å²) >= 11 is 0. The molecule has 52 heavy (non-hydrogen) atoms. The highest BCUT2D eigenvalue weighted by Gasteiger charge is 2.38. The molecule has 1 rings (SSSR count). The van der Waals surface area contributed by atoms with Gasteiger partial charge in [-0.1, -0.05) is 27.7 Å². The van der Waals surface area contributed by atoms with E-state index in [4.69, 9.17) is 21.6 Å². The Labute approximate surface area is 303 Å². The molecule has 19 heteroatoms. The van der Waals surface area contributed by atoms with Gasteiger partial charge in [0.2, 0.25) is 35.4 Å². The van der Waals surface area contributed by atoms with Crippen LogP contribution < -0.4 is 38.1 Å². The second-order valence-electron chi connectivity index (χ2n) is 13.9. The van der Waals surface area contributed by atoms with Crippen molar-refractivity contribution in [3.8, 4) is 0 Å². The van der Waals surface area contributed by atoms with Crippen molar-refractivity contribution in [2.75, 3.05) is 0 Å². The molecule has 19 nitrogen and oxygen atoms in total. The molecule has 294 valence electrons. The van der Waals surface area contributed by atoms with E-state index in [-0.39, 0.29) is 31.5 Å². The van der Waals surface area contributed by atoms with Crippen LogP contribution in [0, 0.1) is 23.2 Å². The van der Waals surface area contributed by atoms with Gasteiger partial charge in [-0.15, -0.1) is 0 Å². The summed E-state index contributed by atoms with van der Waals surface area (Å²) in [5, 5.41) is 40.2. The Hall–Kier alpha value is -4.65. The van der Waals surface area contributed by atoms with Gasteiger partial charge < -0.3 is 53.0 Å². The summed E-state index contributed by atoms with van der Waals surface area (Å²) in [7, 11) is 0. The number of carbonyl (C=O) groups is 8. The lowest BCUT2D eigenvalue weighted by molar-refractivity contribution is -0.155. The summed E-state index contributed by atoms with van der Waals surface area (Å²) < 4.78 is 5.49.